The van der Waals surface area contributed by atoms with Gasteiger partial charge in [-0.2, -0.15) is 0 Å². The summed E-state index contributed by atoms with van der Waals surface area (Å²) >= 11 is 0. The molecule has 112 valence electrons. The van der Waals surface area contributed by atoms with Gasteiger partial charge in [0.2, 0.25) is 0 Å². The van der Waals surface area contributed by atoms with E-state index < -0.39 is 12.0 Å². The Labute approximate surface area is 142 Å². The van der Waals surface area contributed by atoms with E-state index in [1.54, 1.807) is 0 Å². The number of hydrogen-bond donors (Lipinski definition) is 2. The molecule has 1 unspecified atom stereocenters. The Hall–Kier alpha value is -1.70. The molecule has 2 N–H and O–H groups in total. The molecule has 3 rings (SSSR count). The van der Waals surface area contributed by atoms with Crippen molar-refractivity contribution in [3.8, 4) is 0 Å². The van der Waals surface area contributed by atoms with Crippen LogP contribution in [0, 0.1) is 5.92 Å². The molecule has 0 bridgehead atoms. The Kier molecular flexibility index (Phi) is 4.69. The molecule has 0 fully saturated rings. The molecule has 1 aromatic carbocycles. The molecule has 0 aliphatic carbocycles. The first kappa shape index (κ1) is 16.7. The minimum atomic E-state index is -0.938. The number of fused-ring (bicyclic) bond motifs is 3. The van der Waals surface area contributed by atoms with Gasteiger partial charge < -0.3 is 16.4 Å². The number of para-hydroxylation sites is 1. The van der Waals surface area contributed by atoms with Crippen LogP contribution in [0.25, 0.3) is 10.9 Å². The second-order valence-electron chi connectivity index (χ2n) is 5.94. The van der Waals surface area contributed by atoms with Gasteiger partial charge in [0.25, 0.3) is 5.91 Å². The summed E-state index contributed by atoms with van der Waals surface area (Å²) in [6.07, 6.45) is 0.462. The van der Waals surface area contributed by atoms with Crippen LogP contribution in [0.1, 0.15) is 37.7 Å². The maximum atomic E-state index is 12.5. The number of rotatable bonds is 4. The molecule has 2 heterocycles. The number of aromatic nitrogens is 1. The van der Waals surface area contributed by atoms with Gasteiger partial charge in [0.15, 0.2) is 0 Å². The van der Waals surface area contributed by atoms with Crippen molar-refractivity contribution in [2.45, 2.75) is 32.9 Å². The van der Waals surface area contributed by atoms with Crippen molar-refractivity contribution >= 4 is 22.8 Å². The predicted octanol–water partition coefficient (Wildman–Crippen LogP) is -0.260. The average Bonchev–Trinajstić information content (AvgIpc) is 2.94. The summed E-state index contributed by atoms with van der Waals surface area (Å²) in [7, 11) is 0. The Bertz CT molecular complexity index is 729. The normalized spacial score (nSPS) is 15.0. The number of carboxylic acid groups (broad SMARTS) is 1. The van der Waals surface area contributed by atoms with E-state index in [0.29, 0.717) is 18.7 Å². The topological polar surface area (TPSA) is 73.4 Å². The summed E-state index contributed by atoms with van der Waals surface area (Å²) in [6, 6.07) is 6.95. The van der Waals surface area contributed by atoms with Crippen LogP contribution in [0.3, 0.4) is 0 Å². The number of nitrogens with zero attached hydrogens (tertiary/aromatic N) is 1. The predicted molar refractivity (Wildman–Crippen MR) is 80.2 cm³/mol. The van der Waals surface area contributed by atoms with Crippen LogP contribution in [0.15, 0.2) is 24.3 Å². The number of benzene rings is 1. The molecule has 0 radical (unpaired) electrons. The van der Waals surface area contributed by atoms with Crippen LogP contribution in [0.4, 0.5) is 0 Å². The van der Waals surface area contributed by atoms with Crippen LogP contribution in [-0.4, -0.2) is 32.9 Å². The Morgan fingerprint density at radius 2 is 2.09 bits per heavy atom. The quantitative estimate of drug-likeness (QED) is 0.763. The number of H-pyrrole nitrogens is 1. The molecule has 6 heteroatoms. The maximum absolute atomic E-state index is 12.5. The van der Waals surface area contributed by atoms with E-state index >= 15 is 0 Å². The molecule has 0 saturated carbocycles. The van der Waals surface area contributed by atoms with Gasteiger partial charge in [0.05, 0.1) is 0 Å². The van der Waals surface area contributed by atoms with E-state index in [1.807, 2.05) is 38.1 Å². The Balaban J connectivity index is 0.00000132. The van der Waals surface area contributed by atoms with Crippen LogP contribution >= 0.6 is 0 Å². The van der Waals surface area contributed by atoms with Gasteiger partial charge in [0, 0.05) is 23.0 Å². The van der Waals surface area contributed by atoms with Crippen LogP contribution in [0.2, 0.25) is 0 Å². The van der Waals surface area contributed by atoms with Crippen molar-refractivity contribution in [3.05, 3.63) is 35.5 Å². The van der Waals surface area contributed by atoms with Gasteiger partial charge in [-0.1, -0.05) is 32.0 Å². The van der Waals surface area contributed by atoms with E-state index in [4.69, 9.17) is 0 Å². The third-order valence-electron chi connectivity index (χ3n) is 3.97. The largest absolute Gasteiger partial charge is 1.00 e. The molecular formula is C16H19LiN2O3. The number of carbonyl (C=O) groups is 2. The molecule has 1 aliphatic heterocycles. The van der Waals surface area contributed by atoms with Gasteiger partial charge in [-0.15, -0.1) is 0 Å². The SMILES string of the molecule is CC(C)CC(C(=O)O)N1Cc2c([nH]c3ccccc23)C1=O.[H-].[Li+]. The van der Waals surface area contributed by atoms with Gasteiger partial charge in [-0.25, -0.2) is 4.79 Å². The van der Waals surface area contributed by atoms with Crippen molar-refractivity contribution in [2.24, 2.45) is 5.92 Å². The average molecular weight is 294 g/mol. The maximum Gasteiger partial charge on any atom is 1.00 e. The van der Waals surface area contributed by atoms with Crippen molar-refractivity contribution in [2.75, 3.05) is 0 Å². The fourth-order valence-corrected chi connectivity index (χ4v) is 2.99. The summed E-state index contributed by atoms with van der Waals surface area (Å²) in [6.45, 7) is 4.29. The zero-order valence-corrected chi connectivity index (χ0v) is 13.1. The molecule has 0 spiro atoms. The van der Waals surface area contributed by atoms with Crippen molar-refractivity contribution < 1.29 is 35.0 Å². The smallest absolute Gasteiger partial charge is 1.00 e. The first-order valence-electron chi connectivity index (χ1n) is 7.12. The summed E-state index contributed by atoms with van der Waals surface area (Å²) in [5, 5.41) is 10.4. The van der Waals surface area contributed by atoms with Gasteiger partial charge in [-0.05, 0) is 18.4 Å². The minimum absolute atomic E-state index is 0. The zero-order chi connectivity index (χ0) is 15.1. The van der Waals surface area contributed by atoms with E-state index in [2.05, 4.69) is 4.98 Å². The fourth-order valence-electron chi connectivity index (χ4n) is 2.99. The summed E-state index contributed by atoms with van der Waals surface area (Å²) in [4.78, 5) is 28.6. The molecule has 1 aromatic heterocycles. The molecule has 22 heavy (non-hydrogen) atoms. The molecule has 5 nitrogen and oxygen atoms in total. The first-order chi connectivity index (χ1) is 9.99. The standard InChI is InChI=1S/C16H18N2O3.Li.H/c1-9(2)7-13(16(20)21)18-8-11-10-5-3-4-6-12(10)17-14(11)15(18)19;;/h3-6,9,13,17H,7-8H2,1-2H3,(H,20,21);;/q;+1;-1. The number of aromatic amines is 1. The number of nitrogens with one attached hydrogen (secondary N) is 1. The van der Waals surface area contributed by atoms with Gasteiger partial charge in [-0.3, -0.25) is 4.79 Å². The summed E-state index contributed by atoms with van der Waals surface area (Å²) < 4.78 is 0. The fraction of sp³-hybridized carbons (Fsp3) is 0.375. The number of carbonyl (C=O) groups excluding carboxylic acids is 1. The molecular weight excluding hydrogens is 275 g/mol. The van der Waals surface area contributed by atoms with Crippen molar-refractivity contribution in [1.29, 1.82) is 0 Å². The van der Waals surface area contributed by atoms with Crippen molar-refractivity contribution in [1.82, 2.24) is 9.88 Å². The van der Waals surface area contributed by atoms with Crippen LogP contribution in [-0.2, 0) is 11.3 Å². The van der Waals surface area contributed by atoms with Gasteiger partial charge in [0.1, 0.15) is 11.7 Å². The zero-order valence-electron chi connectivity index (χ0n) is 14.1. The first-order valence-corrected chi connectivity index (χ1v) is 7.12. The molecule has 1 amide bonds. The monoisotopic (exact) mass is 294 g/mol. The minimum Gasteiger partial charge on any atom is -1.00 e. The molecule has 2 aromatic rings. The third kappa shape index (κ3) is 2.67. The van der Waals surface area contributed by atoms with Gasteiger partial charge >= 0.3 is 24.8 Å². The number of amides is 1. The summed E-state index contributed by atoms with van der Waals surface area (Å²) in [5.74, 6) is -0.935. The summed E-state index contributed by atoms with van der Waals surface area (Å²) in [5.41, 5.74) is 2.36. The Morgan fingerprint density at radius 1 is 1.41 bits per heavy atom. The van der Waals surface area contributed by atoms with E-state index in [-0.39, 0.29) is 32.1 Å². The van der Waals surface area contributed by atoms with E-state index in [0.717, 1.165) is 16.5 Å². The Morgan fingerprint density at radius 3 is 2.73 bits per heavy atom. The van der Waals surface area contributed by atoms with E-state index in [1.165, 1.54) is 4.90 Å². The number of carboxylic acids is 1. The third-order valence-corrected chi connectivity index (χ3v) is 3.97. The molecule has 1 aliphatic rings. The molecule has 0 saturated heterocycles. The van der Waals surface area contributed by atoms with Crippen molar-refractivity contribution in [3.63, 3.8) is 0 Å². The van der Waals surface area contributed by atoms with Crippen LogP contribution in [0.5, 0.6) is 0 Å². The second-order valence-corrected chi connectivity index (χ2v) is 5.94. The number of aliphatic carboxylic acids is 1. The van der Waals surface area contributed by atoms with E-state index in [9.17, 15) is 14.7 Å². The molecule has 1 atom stereocenters. The second kappa shape index (κ2) is 6.19. The van der Waals surface area contributed by atoms with Crippen LogP contribution < -0.4 is 18.9 Å². The number of hydrogen-bond acceptors (Lipinski definition) is 2.